The Labute approximate surface area is 89.3 Å². The molecule has 3 aliphatic rings. The second-order valence-electron chi connectivity index (χ2n) is 4.46. The zero-order chi connectivity index (χ0) is 9.60. The zero-order valence-electron chi connectivity index (χ0n) is 8.25. The van der Waals surface area contributed by atoms with Gasteiger partial charge in [0.1, 0.15) is 0 Å². The zero-order valence-corrected chi connectivity index (χ0v) is 9.00. The van der Waals surface area contributed by atoms with Crippen LogP contribution in [0.4, 0.5) is 0 Å². The van der Waals surface area contributed by atoms with Crippen LogP contribution in [-0.2, 0) is 9.47 Å². The van der Waals surface area contributed by atoms with E-state index in [0.29, 0.717) is 18.5 Å². The third-order valence-electron chi connectivity index (χ3n) is 3.67. The molecule has 1 spiro atoms. The van der Waals surface area contributed by atoms with Gasteiger partial charge in [-0.15, -0.1) is 11.6 Å². The summed E-state index contributed by atoms with van der Waals surface area (Å²) in [5.41, 5.74) is 0. The summed E-state index contributed by atoms with van der Waals surface area (Å²) >= 11 is 5.79. The van der Waals surface area contributed by atoms with E-state index in [4.69, 9.17) is 21.1 Å². The van der Waals surface area contributed by atoms with E-state index in [-0.39, 0.29) is 11.9 Å². The number of nitrogens with zero attached hydrogens (tertiary/aromatic N) is 1. The molecule has 0 aromatic heterocycles. The number of ether oxygens (including phenoxy) is 2. The van der Waals surface area contributed by atoms with Gasteiger partial charge in [-0.1, -0.05) is 0 Å². The summed E-state index contributed by atoms with van der Waals surface area (Å²) in [4.78, 5) is 2.50. The molecule has 0 N–H and O–H groups in total. The smallest absolute Gasteiger partial charge is 0.185 e. The lowest BCUT2D eigenvalue weighted by Gasteiger charge is -2.29. The molecule has 3 nitrogen and oxygen atoms in total. The van der Waals surface area contributed by atoms with Gasteiger partial charge in [-0.25, -0.2) is 0 Å². The second kappa shape index (κ2) is 3.34. The molecule has 80 valence electrons. The van der Waals surface area contributed by atoms with Crippen molar-refractivity contribution in [2.75, 3.05) is 25.6 Å². The van der Waals surface area contributed by atoms with Crippen molar-refractivity contribution in [2.45, 2.75) is 37.2 Å². The van der Waals surface area contributed by atoms with Gasteiger partial charge < -0.3 is 9.47 Å². The summed E-state index contributed by atoms with van der Waals surface area (Å²) in [6.07, 6.45) is 3.63. The van der Waals surface area contributed by atoms with Gasteiger partial charge in [0.05, 0.1) is 24.6 Å². The highest BCUT2D eigenvalue weighted by Gasteiger charge is 2.55. The van der Waals surface area contributed by atoms with Crippen molar-refractivity contribution >= 4 is 11.6 Å². The van der Waals surface area contributed by atoms with Gasteiger partial charge in [0.25, 0.3) is 0 Å². The molecule has 3 rings (SSSR count). The highest BCUT2D eigenvalue weighted by molar-refractivity contribution is 6.18. The van der Waals surface area contributed by atoms with Gasteiger partial charge in [0.15, 0.2) is 5.79 Å². The Kier molecular flexibility index (Phi) is 2.24. The summed E-state index contributed by atoms with van der Waals surface area (Å²) in [6.45, 7) is 3.01. The van der Waals surface area contributed by atoms with E-state index < -0.39 is 0 Å². The first-order valence-corrected chi connectivity index (χ1v) is 5.99. The summed E-state index contributed by atoms with van der Waals surface area (Å²) in [5.74, 6) is 0.254. The van der Waals surface area contributed by atoms with Crippen molar-refractivity contribution in [1.82, 2.24) is 4.90 Å². The molecule has 0 aliphatic carbocycles. The molecule has 0 bridgehead atoms. The van der Waals surface area contributed by atoms with Crippen molar-refractivity contribution in [3.05, 3.63) is 0 Å². The van der Waals surface area contributed by atoms with Gasteiger partial charge in [-0.3, -0.25) is 4.90 Å². The largest absolute Gasteiger partial charge is 0.346 e. The number of fused-ring (bicyclic) bond motifs is 2. The fourth-order valence-electron chi connectivity index (χ4n) is 3.02. The maximum atomic E-state index is 5.98. The first-order chi connectivity index (χ1) is 6.84. The molecular formula is C10H16ClNO2. The van der Waals surface area contributed by atoms with Gasteiger partial charge in [0, 0.05) is 13.0 Å². The summed E-state index contributed by atoms with van der Waals surface area (Å²) in [5, 5.41) is 0. The molecule has 3 atom stereocenters. The maximum Gasteiger partial charge on any atom is 0.185 e. The van der Waals surface area contributed by atoms with Crippen molar-refractivity contribution in [3.63, 3.8) is 0 Å². The summed E-state index contributed by atoms with van der Waals surface area (Å²) < 4.78 is 11.8. The minimum atomic E-state index is -0.296. The van der Waals surface area contributed by atoms with Crippen molar-refractivity contribution < 1.29 is 9.47 Å². The number of halogens is 1. The van der Waals surface area contributed by atoms with Crippen LogP contribution in [0.15, 0.2) is 0 Å². The molecule has 3 saturated heterocycles. The van der Waals surface area contributed by atoms with E-state index in [2.05, 4.69) is 4.90 Å². The van der Waals surface area contributed by atoms with Crippen LogP contribution in [0.3, 0.4) is 0 Å². The second-order valence-corrected chi connectivity index (χ2v) is 4.77. The van der Waals surface area contributed by atoms with Crippen LogP contribution in [0.1, 0.15) is 19.3 Å². The van der Waals surface area contributed by atoms with Crippen LogP contribution < -0.4 is 0 Å². The highest BCUT2D eigenvalue weighted by atomic mass is 35.5. The Hall–Kier alpha value is 0.170. The van der Waals surface area contributed by atoms with Crippen LogP contribution in [0.25, 0.3) is 0 Å². The van der Waals surface area contributed by atoms with Gasteiger partial charge in [-0.05, 0) is 19.4 Å². The first kappa shape index (κ1) is 9.40. The molecule has 3 aliphatic heterocycles. The standard InChI is InChI=1S/C10H16ClNO2/c11-6-8-7-13-10(14-8)3-5-12-4-1-2-9(10)12/h8-9H,1-7H2. The molecule has 0 radical (unpaired) electrons. The average molecular weight is 218 g/mol. The number of rotatable bonds is 1. The number of hydrogen-bond donors (Lipinski definition) is 0. The minimum Gasteiger partial charge on any atom is -0.346 e. The average Bonchev–Trinajstić information content (AvgIpc) is 2.88. The van der Waals surface area contributed by atoms with Crippen LogP contribution >= 0.6 is 11.6 Å². The monoisotopic (exact) mass is 217 g/mol. The first-order valence-electron chi connectivity index (χ1n) is 5.46. The third kappa shape index (κ3) is 1.23. The maximum absolute atomic E-state index is 5.98. The predicted molar refractivity (Wildman–Crippen MR) is 53.5 cm³/mol. The van der Waals surface area contributed by atoms with Crippen molar-refractivity contribution in [2.24, 2.45) is 0 Å². The quantitative estimate of drug-likeness (QED) is 0.617. The number of alkyl halides is 1. The van der Waals surface area contributed by atoms with E-state index in [0.717, 1.165) is 13.0 Å². The molecule has 3 unspecified atom stereocenters. The fraction of sp³-hybridized carbons (Fsp3) is 1.00. The van der Waals surface area contributed by atoms with E-state index in [1.54, 1.807) is 0 Å². The van der Waals surface area contributed by atoms with Crippen molar-refractivity contribution in [3.8, 4) is 0 Å². The predicted octanol–water partition coefficient (Wildman–Crippen LogP) is 1.21. The van der Waals surface area contributed by atoms with Crippen LogP contribution in [0, 0.1) is 0 Å². The molecule has 0 aromatic rings. The Bertz CT molecular complexity index is 238. The molecule has 4 heteroatoms. The molecule has 0 saturated carbocycles. The Morgan fingerprint density at radius 2 is 2.36 bits per heavy atom. The Morgan fingerprint density at radius 1 is 1.43 bits per heavy atom. The van der Waals surface area contributed by atoms with Gasteiger partial charge in [-0.2, -0.15) is 0 Å². The topological polar surface area (TPSA) is 21.7 Å². The fourth-order valence-corrected chi connectivity index (χ4v) is 3.18. The van der Waals surface area contributed by atoms with Gasteiger partial charge >= 0.3 is 0 Å². The molecule has 3 fully saturated rings. The Balaban J connectivity index is 1.78. The molecular weight excluding hydrogens is 202 g/mol. The van der Waals surface area contributed by atoms with E-state index >= 15 is 0 Å². The Morgan fingerprint density at radius 3 is 3.14 bits per heavy atom. The minimum absolute atomic E-state index is 0.109. The van der Waals surface area contributed by atoms with Crippen molar-refractivity contribution in [1.29, 1.82) is 0 Å². The van der Waals surface area contributed by atoms with Gasteiger partial charge in [0.2, 0.25) is 0 Å². The lowest BCUT2D eigenvalue weighted by atomic mass is 10.1. The van der Waals surface area contributed by atoms with E-state index in [9.17, 15) is 0 Å². The third-order valence-corrected chi connectivity index (χ3v) is 4.01. The normalized spacial score (nSPS) is 47.8. The van der Waals surface area contributed by atoms with Crippen LogP contribution in [-0.4, -0.2) is 48.4 Å². The summed E-state index contributed by atoms with van der Waals surface area (Å²) in [7, 11) is 0. The molecule has 3 heterocycles. The van der Waals surface area contributed by atoms with E-state index in [1.807, 2.05) is 0 Å². The lowest BCUT2D eigenvalue weighted by molar-refractivity contribution is -0.177. The molecule has 14 heavy (non-hydrogen) atoms. The molecule has 0 aromatic carbocycles. The van der Waals surface area contributed by atoms with Crippen LogP contribution in [0.5, 0.6) is 0 Å². The summed E-state index contributed by atoms with van der Waals surface area (Å²) in [6, 6.07) is 0.496. The van der Waals surface area contributed by atoms with Crippen LogP contribution in [0.2, 0.25) is 0 Å². The number of hydrogen-bond acceptors (Lipinski definition) is 3. The van der Waals surface area contributed by atoms with E-state index in [1.165, 1.54) is 19.4 Å². The SMILES string of the molecule is ClCC1COC2(CCN3CCCC32)O1. The highest BCUT2D eigenvalue weighted by Crippen LogP contribution is 2.43. The lowest BCUT2D eigenvalue weighted by Crippen LogP contribution is -2.42. The molecule has 0 amide bonds.